The molecule has 2 amide bonds. The Balaban J connectivity index is 1.38. The van der Waals surface area contributed by atoms with Gasteiger partial charge in [-0.05, 0) is 49.4 Å². The number of pyridine rings is 1. The predicted octanol–water partition coefficient (Wildman–Crippen LogP) is 4.09. The lowest BCUT2D eigenvalue weighted by Gasteiger charge is -2.35. The van der Waals surface area contributed by atoms with Crippen LogP contribution in [-0.2, 0) is 17.8 Å². The zero-order chi connectivity index (χ0) is 33.1. The van der Waals surface area contributed by atoms with Gasteiger partial charge in [-0.15, -0.1) is 0 Å². The van der Waals surface area contributed by atoms with Gasteiger partial charge in [0.2, 0.25) is 11.7 Å². The van der Waals surface area contributed by atoms with Crippen LogP contribution in [0.2, 0.25) is 0 Å². The minimum Gasteiger partial charge on any atom is -0.493 e. The van der Waals surface area contributed by atoms with Crippen LogP contribution in [0.3, 0.4) is 0 Å². The molecule has 0 saturated carbocycles. The monoisotopic (exact) mass is 643 g/mol. The Bertz CT molecular complexity index is 1680. The number of hydrogen-bond donors (Lipinski definition) is 1. The van der Waals surface area contributed by atoms with Crippen molar-refractivity contribution in [1.82, 2.24) is 20.1 Å². The van der Waals surface area contributed by atoms with Crippen LogP contribution in [0.5, 0.6) is 17.2 Å². The van der Waals surface area contributed by atoms with Gasteiger partial charge in [0.1, 0.15) is 5.82 Å². The summed E-state index contributed by atoms with van der Waals surface area (Å²) in [7, 11) is 4.82. The zero-order valence-electron chi connectivity index (χ0n) is 27.9. The second-order valence-corrected chi connectivity index (χ2v) is 12.6. The maximum absolute atomic E-state index is 14.1. The molecule has 250 valence electrons. The summed E-state index contributed by atoms with van der Waals surface area (Å²) in [6, 6.07) is 9.45. The number of piperidine rings is 1. The minimum absolute atomic E-state index is 0.0618. The number of Topliss-reactive ketones (excluding diaryl/α,β-unsaturated/α-hetero) is 1. The predicted molar refractivity (Wildman–Crippen MR) is 180 cm³/mol. The van der Waals surface area contributed by atoms with Crippen molar-refractivity contribution < 1.29 is 28.6 Å². The number of fused-ring (bicyclic) bond motifs is 6. The Morgan fingerprint density at radius 2 is 1.81 bits per heavy atom. The van der Waals surface area contributed by atoms with Crippen molar-refractivity contribution in [3.63, 3.8) is 0 Å². The average Bonchev–Trinajstić information content (AvgIpc) is 3.48. The van der Waals surface area contributed by atoms with Crippen LogP contribution in [0.4, 0.5) is 5.82 Å². The maximum atomic E-state index is 14.1. The number of nitrogens with zero attached hydrogens (tertiary/aromatic N) is 4. The van der Waals surface area contributed by atoms with Gasteiger partial charge in [0.15, 0.2) is 17.3 Å². The molecule has 1 fully saturated rings. The molecule has 3 heterocycles. The van der Waals surface area contributed by atoms with Crippen molar-refractivity contribution in [2.24, 2.45) is 5.92 Å². The van der Waals surface area contributed by atoms with Gasteiger partial charge in [-0.2, -0.15) is 0 Å². The lowest BCUT2D eigenvalue weighted by atomic mass is 9.97. The molecule has 6 rings (SSSR count). The highest BCUT2D eigenvalue weighted by Crippen LogP contribution is 2.44. The van der Waals surface area contributed by atoms with Crippen molar-refractivity contribution >= 4 is 34.3 Å². The van der Waals surface area contributed by atoms with E-state index in [9.17, 15) is 14.4 Å². The fourth-order valence-corrected chi connectivity index (χ4v) is 7.25. The zero-order valence-corrected chi connectivity index (χ0v) is 27.9. The van der Waals surface area contributed by atoms with Crippen molar-refractivity contribution in [3.8, 4) is 17.2 Å². The number of benzene rings is 2. The number of carbonyl (C=O) groups is 3. The van der Waals surface area contributed by atoms with E-state index in [0.29, 0.717) is 73.9 Å². The van der Waals surface area contributed by atoms with Crippen LogP contribution >= 0.6 is 0 Å². The second kappa shape index (κ2) is 14.2. The summed E-state index contributed by atoms with van der Waals surface area (Å²) < 4.78 is 17.2. The van der Waals surface area contributed by atoms with Crippen molar-refractivity contribution in [2.45, 2.75) is 45.6 Å². The van der Waals surface area contributed by atoms with E-state index in [0.717, 1.165) is 60.3 Å². The third-order valence-electron chi connectivity index (χ3n) is 9.82. The highest BCUT2D eigenvalue weighted by molar-refractivity contribution is 6.05. The number of rotatable bonds is 5. The number of methoxy groups -OCH3 is 3. The molecule has 2 aromatic carbocycles. The van der Waals surface area contributed by atoms with E-state index in [4.69, 9.17) is 19.2 Å². The Morgan fingerprint density at radius 3 is 2.57 bits per heavy atom. The van der Waals surface area contributed by atoms with Gasteiger partial charge < -0.3 is 29.3 Å². The summed E-state index contributed by atoms with van der Waals surface area (Å²) in [6.07, 6.45) is 3.23. The smallest absolute Gasteiger partial charge is 0.254 e. The standard InChI is InChI=1S/C36H45N5O6/c1-5-39-16-17-40(36(44)27-10-6-9-26-25(27)11-12-30(26)42)15-13-32(43)37-20-23-8-7-14-41(21-23)35-24(22-39)18-28-29(38-35)19-31(45-2)34(47-4)33(28)46-3/h6,9-10,18-19,23H,5,7-8,11-17,20-22H2,1-4H3,(H,37,43). The topological polar surface area (TPSA) is 114 Å². The van der Waals surface area contributed by atoms with E-state index >= 15 is 0 Å². The number of nitrogens with one attached hydrogen (secondary N) is 1. The van der Waals surface area contributed by atoms with Crippen molar-refractivity contribution in [3.05, 3.63) is 52.6 Å². The van der Waals surface area contributed by atoms with E-state index < -0.39 is 0 Å². The van der Waals surface area contributed by atoms with Crippen LogP contribution < -0.4 is 24.4 Å². The molecule has 1 aromatic heterocycles. The summed E-state index contributed by atoms with van der Waals surface area (Å²) >= 11 is 0. The molecule has 2 aliphatic heterocycles. The molecular weight excluding hydrogens is 598 g/mol. The first-order chi connectivity index (χ1) is 22.8. The molecule has 1 atom stereocenters. The normalized spacial score (nSPS) is 19.4. The molecule has 1 N–H and O–H groups in total. The number of likely N-dealkylation sites (N-methyl/N-ethyl adjacent to an activating group) is 1. The number of amides is 2. The molecule has 1 unspecified atom stereocenters. The first kappa shape index (κ1) is 32.6. The number of ketones is 1. The molecule has 1 aliphatic carbocycles. The summed E-state index contributed by atoms with van der Waals surface area (Å²) in [5, 5.41) is 3.98. The fraction of sp³-hybridized carbons (Fsp3) is 0.500. The van der Waals surface area contributed by atoms with Gasteiger partial charge in [-0.3, -0.25) is 19.3 Å². The summed E-state index contributed by atoms with van der Waals surface area (Å²) in [5.74, 6) is 2.71. The average molecular weight is 644 g/mol. The SMILES string of the molecule is CCN1CCN(C(=O)c2cccc3c2CCC3=O)CCC(=O)NCC2CCCN(C2)c2nc3cc(OC)c(OC)c(OC)c3cc2C1. The molecule has 11 heteroatoms. The van der Waals surface area contributed by atoms with E-state index in [2.05, 4.69) is 28.1 Å². The Hall–Kier alpha value is -4.38. The van der Waals surface area contributed by atoms with Crippen LogP contribution in [0, 0.1) is 5.92 Å². The van der Waals surface area contributed by atoms with E-state index in [1.807, 2.05) is 18.2 Å². The third-order valence-corrected chi connectivity index (χ3v) is 9.82. The Morgan fingerprint density at radius 1 is 0.979 bits per heavy atom. The van der Waals surface area contributed by atoms with Gasteiger partial charge in [-0.25, -0.2) is 4.98 Å². The van der Waals surface area contributed by atoms with E-state index in [1.165, 1.54) is 0 Å². The highest BCUT2D eigenvalue weighted by Gasteiger charge is 2.29. The van der Waals surface area contributed by atoms with Crippen molar-refractivity contribution in [1.29, 1.82) is 0 Å². The van der Waals surface area contributed by atoms with Gasteiger partial charge in [-0.1, -0.05) is 19.1 Å². The van der Waals surface area contributed by atoms with Gasteiger partial charge >= 0.3 is 0 Å². The number of carbonyl (C=O) groups excluding carboxylic acids is 3. The summed E-state index contributed by atoms with van der Waals surface area (Å²) in [6.45, 7) is 7.05. The number of anilines is 1. The molecule has 3 aliphatic rings. The van der Waals surface area contributed by atoms with Crippen molar-refractivity contribution in [2.75, 3.05) is 72.0 Å². The Labute approximate surface area is 276 Å². The van der Waals surface area contributed by atoms with Gasteiger partial charge in [0.25, 0.3) is 5.91 Å². The number of ether oxygens (including phenoxy) is 3. The third kappa shape index (κ3) is 6.58. The fourth-order valence-electron chi connectivity index (χ4n) is 7.25. The lowest BCUT2D eigenvalue weighted by Crippen LogP contribution is -2.42. The maximum Gasteiger partial charge on any atom is 0.254 e. The molecule has 47 heavy (non-hydrogen) atoms. The molecule has 1 saturated heterocycles. The second-order valence-electron chi connectivity index (χ2n) is 12.6. The van der Waals surface area contributed by atoms with Crippen LogP contribution in [0.15, 0.2) is 30.3 Å². The summed E-state index contributed by atoms with van der Waals surface area (Å²) in [5.41, 5.74) is 3.84. The lowest BCUT2D eigenvalue weighted by molar-refractivity contribution is -0.121. The Kier molecular flexibility index (Phi) is 9.81. The summed E-state index contributed by atoms with van der Waals surface area (Å²) in [4.78, 5) is 51.2. The molecule has 0 spiro atoms. The van der Waals surface area contributed by atoms with Gasteiger partial charge in [0.05, 0.1) is 26.8 Å². The number of aromatic nitrogens is 1. The molecule has 3 aromatic rings. The quantitative estimate of drug-likeness (QED) is 0.439. The van der Waals surface area contributed by atoms with Gasteiger partial charge in [0, 0.05) is 86.8 Å². The highest BCUT2D eigenvalue weighted by atomic mass is 16.5. The largest absolute Gasteiger partial charge is 0.493 e. The van der Waals surface area contributed by atoms with E-state index in [1.54, 1.807) is 32.3 Å². The molecule has 11 nitrogen and oxygen atoms in total. The minimum atomic E-state index is -0.134. The van der Waals surface area contributed by atoms with E-state index in [-0.39, 0.29) is 29.9 Å². The van der Waals surface area contributed by atoms with Crippen LogP contribution in [0.1, 0.15) is 64.4 Å². The first-order valence-corrected chi connectivity index (χ1v) is 16.7. The molecular formula is C36H45N5O6. The first-order valence-electron chi connectivity index (χ1n) is 16.7. The molecule has 0 radical (unpaired) electrons. The van der Waals surface area contributed by atoms with Crippen LogP contribution in [-0.4, -0.2) is 99.5 Å². The number of hydrogen-bond acceptors (Lipinski definition) is 9. The molecule has 2 bridgehead atoms. The van der Waals surface area contributed by atoms with Crippen LogP contribution in [0.25, 0.3) is 10.9 Å².